The van der Waals surface area contributed by atoms with Crippen LogP contribution in [-0.4, -0.2) is 37.3 Å². The van der Waals surface area contributed by atoms with Crippen molar-refractivity contribution in [3.05, 3.63) is 77.9 Å². The summed E-state index contributed by atoms with van der Waals surface area (Å²) < 4.78 is 16.9. The van der Waals surface area contributed by atoms with E-state index in [1.807, 2.05) is 59.5 Å². The van der Waals surface area contributed by atoms with Gasteiger partial charge in [-0.2, -0.15) is 5.26 Å². The molecule has 0 spiro atoms. The molecular formula is C30H30N2O4. The molecule has 1 saturated heterocycles. The second-order valence-electron chi connectivity index (χ2n) is 9.37. The van der Waals surface area contributed by atoms with Crippen LogP contribution in [0.15, 0.2) is 66.7 Å². The van der Waals surface area contributed by atoms with Crippen LogP contribution in [0.4, 0.5) is 0 Å². The summed E-state index contributed by atoms with van der Waals surface area (Å²) in [6.45, 7) is 1.88. The molecule has 0 bridgehead atoms. The number of hydrogen-bond acceptors (Lipinski definition) is 5. The van der Waals surface area contributed by atoms with E-state index in [4.69, 9.17) is 19.5 Å². The van der Waals surface area contributed by atoms with E-state index in [1.54, 1.807) is 0 Å². The van der Waals surface area contributed by atoms with Crippen molar-refractivity contribution in [3.8, 4) is 34.4 Å². The Kier molecular flexibility index (Phi) is 7.37. The van der Waals surface area contributed by atoms with Gasteiger partial charge in [-0.1, -0.05) is 48.5 Å². The molecule has 2 aliphatic heterocycles. The lowest BCUT2D eigenvalue weighted by Crippen LogP contribution is -2.41. The van der Waals surface area contributed by atoms with Gasteiger partial charge >= 0.3 is 0 Å². The number of nitrogens with zero attached hydrogens (tertiary/aromatic N) is 2. The molecule has 0 N–H and O–H groups in total. The molecule has 184 valence electrons. The van der Waals surface area contributed by atoms with Crippen LogP contribution in [0.5, 0.6) is 17.2 Å². The summed E-state index contributed by atoms with van der Waals surface area (Å²) in [5, 5.41) is 8.88. The van der Waals surface area contributed by atoms with Gasteiger partial charge in [0.15, 0.2) is 18.1 Å². The smallest absolute Gasteiger partial charge is 0.260 e. The van der Waals surface area contributed by atoms with Crippen molar-refractivity contribution in [1.29, 1.82) is 5.26 Å². The molecule has 0 saturated carbocycles. The van der Waals surface area contributed by atoms with Gasteiger partial charge < -0.3 is 19.1 Å². The van der Waals surface area contributed by atoms with Crippen LogP contribution in [0, 0.1) is 17.2 Å². The fourth-order valence-electron chi connectivity index (χ4n) is 4.89. The number of carbonyl (C=O) groups excluding carboxylic acids is 1. The summed E-state index contributed by atoms with van der Waals surface area (Å²) in [7, 11) is 0. The Balaban J connectivity index is 1.10. The number of hydrogen-bond donors (Lipinski definition) is 0. The molecule has 5 rings (SSSR count). The Morgan fingerprint density at radius 1 is 0.972 bits per heavy atom. The summed E-state index contributed by atoms with van der Waals surface area (Å²) >= 11 is 0. The van der Waals surface area contributed by atoms with Crippen LogP contribution in [0.3, 0.4) is 0 Å². The Morgan fingerprint density at radius 2 is 1.72 bits per heavy atom. The number of aryl methyl sites for hydroxylation is 1. The van der Waals surface area contributed by atoms with Crippen LogP contribution in [-0.2, 0) is 17.6 Å². The highest BCUT2D eigenvalue weighted by molar-refractivity contribution is 5.78. The van der Waals surface area contributed by atoms with Crippen molar-refractivity contribution >= 4 is 5.91 Å². The van der Waals surface area contributed by atoms with Crippen molar-refractivity contribution in [2.45, 2.75) is 32.1 Å². The van der Waals surface area contributed by atoms with E-state index in [9.17, 15) is 4.79 Å². The monoisotopic (exact) mass is 482 g/mol. The first-order valence-electron chi connectivity index (χ1n) is 12.5. The van der Waals surface area contributed by atoms with Crippen molar-refractivity contribution in [3.63, 3.8) is 0 Å². The first-order valence-corrected chi connectivity index (χ1v) is 12.5. The lowest BCUT2D eigenvalue weighted by molar-refractivity contribution is -0.134. The number of para-hydroxylation sites is 1. The average Bonchev–Trinajstić information content (AvgIpc) is 3.40. The number of amides is 1. The topological polar surface area (TPSA) is 71.8 Å². The molecule has 6 nitrogen and oxygen atoms in total. The average molecular weight is 483 g/mol. The summed E-state index contributed by atoms with van der Waals surface area (Å²) in [5.41, 5.74) is 4.19. The van der Waals surface area contributed by atoms with Gasteiger partial charge in [-0.3, -0.25) is 4.79 Å². The van der Waals surface area contributed by atoms with E-state index < -0.39 is 0 Å². The largest absolute Gasteiger partial charge is 0.483 e. The Bertz CT molecular complexity index is 1240. The van der Waals surface area contributed by atoms with Gasteiger partial charge in [-0.05, 0) is 66.5 Å². The molecule has 0 aliphatic carbocycles. The van der Waals surface area contributed by atoms with Crippen LogP contribution < -0.4 is 14.2 Å². The molecule has 1 amide bonds. The van der Waals surface area contributed by atoms with Gasteiger partial charge in [-0.15, -0.1) is 0 Å². The normalized spacial score (nSPS) is 14.9. The van der Waals surface area contributed by atoms with Gasteiger partial charge in [0, 0.05) is 18.7 Å². The summed E-state index contributed by atoms with van der Waals surface area (Å²) in [6.07, 6.45) is 4.54. The minimum absolute atomic E-state index is 0.0309. The predicted molar refractivity (Wildman–Crippen MR) is 137 cm³/mol. The van der Waals surface area contributed by atoms with Gasteiger partial charge in [0.25, 0.3) is 5.91 Å². The Labute approximate surface area is 212 Å². The van der Waals surface area contributed by atoms with E-state index in [0.29, 0.717) is 24.9 Å². The number of fused-ring (bicyclic) bond motifs is 1. The first-order chi connectivity index (χ1) is 17.7. The van der Waals surface area contributed by atoms with E-state index in [2.05, 4.69) is 18.2 Å². The molecule has 0 radical (unpaired) electrons. The maximum Gasteiger partial charge on any atom is 0.260 e. The highest BCUT2D eigenvalue weighted by Gasteiger charge is 2.23. The molecule has 2 heterocycles. The predicted octanol–water partition coefficient (Wildman–Crippen LogP) is 5.40. The molecular weight excluding hydrogens is 452 g/mol. The van der Waals surface area contributed by atoms with Crippen molar-refractivity contribution in [2.24, 2.45) is 5.92 Å². The molecule has 0 aromatic heterocycles. The molecule has 3 aromatic carbocycles. The zero-order chi connectivity index (χ0) is 24.7. The molecule has 1 fully saturated rings. The van der Waals surface area contributed by atoms with Gasteiger partial charge in [0.2, 0.25) is 6.79 Å². The van der Waals surface area contributed by atoms with E-state index >= 15 is 0 Å². The van der Waals surface area contributed by atoms with Gasteiger partial charge in [0.1, 0.15) is 5.75 Å². The van der Waals surface area contributed by atoms with Gasteiger partial charge in [0.05, 0.1) is 12.5 Å². The van der Waals surface area contributed by atoms with Gasteiger partial charge in [-0.25, -0.2) is 0 Å². The first kappa shape index (κ1) is 23.7. The third-order valence-corrected chi connectivity index (χ3v) is 7.03. The lowest BCUT2D eigenvalue weighted by atomic mass is 9.90. The zero-order valence-electron chi connectivity index (χ0n) is 20.3. The van der Waals surface area contributed by atoms with Crippen LogP contribution in [0.25, 0.3) is 11.1 Å². The number of carbonyl (C=O) groups is 1. The molecule has 3 aromatic rings. The third kappa shape index (κ3) is 5.63. The third-order valence-electron chi connectivity index (χ3n) is 7.03. The van der Waals surface area contributed by atoms with E-state index in [1.165, 1.54) is 5.56 Å². The standard InChI is InChI=1S/C30H30N2O4/c31-16-13-22-7-10-25(11-8-22)26-3-1-2-4-27(26)34-20-30(33)32-17-14-23(15-18-32)5-6-24-9-12-28-29(19-24)36-21-35-28/h1-4,7-12,19,23H,5-6,13-15,17-18,20-21H2. The van der Waals surface area contributed by atoms with Crippen molar-refractivity contribution in [2.75, 3.05) is 26.5 Å². The summed E-state index contributed by atoms with van der Waals surface area (Å²) in [4.78, 5) is 14.8. The number of nitriles is 1. The highest BCUT2D eigenvalue weighted by Crippen LogP contribution is 2.34. The molecule has 6 heteroatoms. The minimum atomic E-state index is 0.0309. The molecule has 0 atom stereocenters. The van der Waals surface area contributed by atoms with Crippen molar-refractivity contribution < 1.29 is 19.0 Å². The molecule has 0 unspecified atom stereocenters. The number of likely N-dealkylation sites (tertiary alicyclic amines) is 1. The second-order valence-corrected chi connectivity index (χ2v) is 9.37. The summed E-state index contributed by atoms with van der Waals surface area (Å²) in [5.74, 6) is 3.00. The number of rotatable bonds is 8. The summed E-state index contributed by atoms with van der Waals surface area (Å²) in [6, 6.07) is 24.0. The number of piperidine rings is 1. The maximum absolute atomic E-state index is 12.9. The zero-order valence-corrected chi connectivity index (χ0v) is 20.3. The number of benzene rings is 3. The number of ether oxygens (including phenoxy) is 3. The SMILES string of the molecule is N#CCc1ccc(-c2ccccc2OCC(=O)N2CCC(CCc3ccc4c(c3)OCO4)CC2)cc1. The lowest BCUT2D eigenvalue weighted by Gasteiger charge is -2.32. The van der Waals surface area contributed by atoms with Crippen LogP contribution in [0.1, 0.15) is 30.4 Å². The quantitative estimate of drug-likeness (QED) is 0.430. The maximum atomic E-state index is 12.9. The Morgan fingerprint density at radius 3 is 2.53 bits per heavy atom. The van der Waals surface area contributed by atoms with Crippen molar-refractivity contribution in [1.82, 2.24) is 4.90 Å². The fourth-order valence-corrected chi connectivity index (χ4v) is 4.89. The molecule has 36 heavy (non-hydrogen) atoms. The minimum Gasteiger partial charge on any atom is -0.483 e. The van der Waals surface area contributed by atoms with Crippen LogP contribution in [0.2, 0.25) is 0 Å². The Hall–Kier alpha value is -3.98. The highest BCUT2D eigenvalue weighted by atomic mass is 16.7. The fraction of sp³-hybridized carbons (Fsp3) is 0.333. The second kappa shape index (κ2) is 11.2. The van der Waals surface area contributed by atoms with Crippen LogP contribution >= 0.6 is 0 Å². The van der Waals surface area contributed by atoms with E-state index in [0.717, 1.165) is 67.0 Å². The van der Waals surface area contributed by atoms with E-state index in [-0.39, 0.29) is 12.5 Å². The molecule has 2 aliphatic rings.